The van der Waals surface area contributed by atoms with Crippen LogP contribution in [0.2, 0.25) is 0 Å². The average molecular weight is 418 g/mol. The van der Waals surface area contributed by atoms with Gasteiger partial charge in [0.2, 0.25) is 0 Å². The van der Waals surface area contributed by atoms with Gasteiger partial charge in [0.15, 0.2) is 0 Å². The first-order valence-corrected chi connectivity index (χ1v) is 9.94. The Labute approximate surface area is 181 Å². The van der Waals surface area contributed by atoms with Crippen LogP contribution in [0.3, 0.4) is 0 Å². The Morgan fingerprint density at radius 3 is 1.29 bits per heavy atom. The van der Waals surface area contributed by atoms with Gasteiger partial charge in [0.05, 0.1) is 5.41 Å². The van der Waals surface area contributed by atoms with Gasteiger partial charge in [-0.2, -0.15) is 0 Å². The summed E-state index contributed by atoms with van der Waals surface area (Å²) in [7, 11) is 0. The van der Waals surface area contributed by atoms with Crippen molar-refractivity contribution in [2.45, 2.75) is 26.2 Å². The van der Waals surface area contributed by atoms with E-state index in [9.17, 15) is 20.1 Å². The molecule has 0 bridgehead atoms. The number of benzene rings is 3. The smallest absolute Gasteiger partial charge is 0.333 e. The minimum Gasteiger partial charge on any atom is -0.508 e. The van der Waals surface area contributed by atoms with Crippen molar-refractivity contribution < 1.29 is 24.9 Å². The zero-order valence-electron chi connectivity index (χ0n) is 17.8. The monoisotopic (exact) mass is 418 g/mol. The van der Waals surface area contributed by atoms with E-state index in [1.54, 1.807) is 79.7 Å². The maximum absolute atomic E-state index is 12.7. The molecule has 3 rings (SSSR count). The lowest BCUT2D eigenvalue weighted by atomic mass is 9.70. The summed E-state index contributed by atoms with van der Waals surface area (Å²) in [4.78, 5) is 12.7. The number of aromatic hydroxyl groups is 3. The van der Waals surface area contributed by atoms with E-state index in [4.69, 9.17) is 4.74 Å². The Balaban J connectivity index is 2.23. The molecule has 0 saturated carbocycles. The molecular formula is C26H26O5. The van der Waals surface area contributed by atoms with Crippen LogP contribution in [0.25, 0.3) is 0 Å². The Kier molecular flexibility index (Phi) is 6.35. The SMILES string of the molecule is CC(C)=C(C)C(=O)OCC(c1ccc(O)cc1)(c1ccc(O)cc1)c1ccc(O)cc1. The number of phenolic OH excluding ortho intramolecular Hbond substituents is 3. The number of esters is 1. The third-order valence-corrected chi connectivity index (χ3v) is 5.56. The molecule has 0 spiro atoms. The zero-order valence-corrected chi connectivity index (χ0v) is 17.8. The van der Waals surface area contributed by atoms with Crippen molar-refractivity contribution >= 4 is 5.97 Å². The predicted molar refractivity (Wildman–Crippen MR) is 119 cm³/mol. The fourth-order valence-electron chi connectivity index (χ4n) is 3.47. The normalized spacial score (nSPS) is 11.1. The highest BCUT2D eigenvalue weighted by Crippen LogP contribution is 2.41. The maximum Gasteiger partial charge on any atom is 0.333 e. The van der Waals surface area contributed by atoms with Crippen LogP contribution in [0.15, 0.2) is 83.9 Å². The molecule has 5 nitrogen and oxygen atoms in total. The first-order chi connectivity index (χ1) is 14.7. The quantitative estimate of drug-likeness (QED) is 0.297. The van der Waals surface area contributed by atoms with Crippen molar-refractivity contribution in [3.63, 3.8) is 0 Å². The van der Waals surface area contributed by atoms with Crippen molar-refractivity contribution in [1.82, 2.24) is 0 Å². The minimum atomic E-state index is -0.938. The molecule has 0 aliphatic rings. The number of phenols is 3. The van der Waals surface area contributed by atoms with Gasteiger partial charge in [-0.15, -0.1) is 0 Å². The summed E-state index contributed by atoms with van der Waals surface area (Å²) in [5.41, 5.74) is 2.82. The molecule has 0 amide bonds. The molecule has 3 N–H and O–H groups in total. The van der Waals surface area contributed by atoms with Crippen molar-refractivity contribution in [2.24, 2.45) is 0 Å². The van der Waals surface area contributed by atoms with E-state index in [1.165, 1.54) is 0 Å². The van der Waals surface area contributed by atoms with Crippen LogP contribution in [0.5, 0.6) is 17.2 Å². The second-order valence-electron chi connectivity index (χ2n) is 7.75. The highest BCUT2D eigenvalue weighted by molar-refractivity contribution is 5.88. The van der Waals surface area contributed by atoms with Crippen LogP contribution < -0.4 is 0 Å². The van der Waals surface area contributed by atoms with Crippen LogP contribution in [-0.4, -0.2) is 27.9 Å². The number of hydrogen-bond acceptors (Lipinski definition) is 5. The van der Waals surface area contributed by atoms with Crippen LogP contribution in [-0.2, 0) is 14.9 Å². The van der Waals surface area contributed by atoms with E-state index in [-0.39, 0.29) is 23.9 Å². The molecule has 3 aromatic rings. The van der Waals surface area contributed by atoms with E-state index in [2.05, 4.69) is 0 Å². The third-order valence-electron chi connectivity index (χ3n) is 5.56. The van der Waals surface area contributed by atoms with E-state index < -0.39 is 11.4 Å². The molecule has 0 aromatic heterocycles. The lowest BCUT2D eigenvalue weighted by Crippen LogP contribution is -2.36. The Bertz CT molecular complexity index is 963. The van der Waals surface area contributed by atoms with Gasteiger partial charge in [-0.25, -0.2) is 4.79 Å². The van der Waals surface area contributed by atoms with Crippen LogP contribution >= 0.6 is 0 Å². The van der Waals surface area contributed by atoms with Gasteiger partial charge in [-0.3, -0.25) is 0 Å². The second kappa shape index (κ2) is 8.96. The summed E-state index contributed by atoms with van der Waals surface area (Å²) in [6, 6.07) is 20.1. The Hall–Kier alpha value is -3.73. The number of carbonyl (C=O) groups is 1. The lowest BCUT2D eigenvalue weighted by Gasteiger charge is -2.35. The number of allylic oxidation sites excluding steroid dienone is 1. The topological polar surface area (TPSA) is 87.0 Å². The molecule has 0 radical (unpaired) electrons. The van der Waals surface area contributed by atoms with Crippen molar-refractivity contribution in [3.8, 4) is 17.2 Å². The van der Waals surface area contributed by atoms with E-state index >= 15 is 0 Å². The molecule has 0 fully saturated rings. The molecule has 0 aliphatic heterocycles. The maximum atomic E-state index is 12.7. The number of ether oxygens (including phenoxy) is 1. The molecule has 31 heavy (non-hydrogen) atoms. The minimum absolute atomic E-state index is 0.0171. The largest absolute Gasteiger partial charge is 0.508 e. The molecule has 0 atom stereocenters. The fourth-order valence-corrected chi connectivity index (χ4v) is 3.47. The van der Waals surface area contributed by atoms with Crippen LogP contribution in [0.1, 0.15) is 37.5 Å². The van der Waals surface area contributed by atoms with Crippen LogP contribution in [0.4, 0.5) is 0 Å². The van der Waals surface area contributed by atoms with Gasteiger partial charge >= 0.3 is 5.97 Å². The van der Waals surface area contributed by atoms with Crippen molar-refractivity contribution in [2.75, 3.05) is 6.61 Å². The second-order valence-corrected chi connectivity index (χ2v) is 7.75. The summed E-state index contributed by atoms with van der Waals surface area (Å²) in [5, 5.41) is 29.5. The van der Waals surface area contributed by atoms with Gasteiger partial charge in [-0.05, 0) is 73.9 Å². The summed E-state index contributed by atoms with van der Waals surface area (Å²) >= 11 is 0. The number of rotatable bonds is 6. The summed E-state index contributed by atoms with van der Waals surface area (Å²) < 4.78 is 5.80. The van der Waals surface area contributed by atoms with E-state index in [1.807, 2.05) is 13.8 Å². The lowest BCUT2D eigenvalue weighted by molar-refractivity contribution is -0.140. The molecular weight excluding hydrogens is 392 g/mol. The van der Waals surface area contributed by atoms with Crippen LogP contribution in [0, 0.1) is 0 Å². The molecule has 0 unspecified atom stereocenters. The highest BCUT2D eigenvalue weighted by atomic mass is 16.5. The third kappa shape index (κ3) is 4.56. The summed E-state index contributed by atoms with van der Waals surface area (Å²) in [5.74, 6) is -0.0648. The van der Waals surface area contributed by atoms with Gasteiger partial charge < -0.3 is 20.1 Å². The van der Waals surface area contributed by atoms with Crippen molar-refractivity contribution in [3.05, 3.63) is 101 Å². The first kappa shape index (κ1) is 22.0. The summed E-state index contributed by atoms with van der Waals surface area (Å²) in [6.45, 7) is 5.41. The highest BCUT2D eigenvalue weighted by Gasteiger charge is 2.38. The molecule has 3 aromatic carbocycles. The van der Waals surface area contributed by atoms with Gasteiger partial charge in [0.25, 0.3) is 0 Å². The van der Waals surface area contributed by atoms with Crippen molar-refractivity contribution in [1.29, 1.82) is 0 Å². The Morgan fingerprint density at radius 2 is 1.00 bits per heavy atom. The molecule has 0 saturated heterocycles. The van der Waals surface area contributed by atoms with Gasteiger partial charge in [0.1, 0.15) is 23.9 Å². The average Bonchev–Trinajstić information content (AvgIpc) is 2.76. The predicted octanol–water partition coefficient (Wildman–Crippen LogP) is 5.04. The van der Waals surface area contributed by atoms with Gasteiger partial charge in [0, 0.05) is 5.57 Å². The zero-order chi connectivity index (χ0) is 22.6. The molecule has 0 aliphatic carbocycles. The summed E-state index contributed by atoms with van der Waals surface area (Å²) in [6.07, 6.45) is 0. The first-order valence-electron chi connectivity index (χ1n) is 9.94. The molecule has 0 heterocycles. The Morgan fingerprint density at radius 1 is 0.677 bits per heavy atom. The fraction of sp³-hybridized carbons (Fsp3) is 0.192. The number of hydrogen-bond donors (Lipinski definition) is 3. The standard InChI is InChI=1S/C26H26O5/c1-17(2)18(3)25(30)31-16-26(19-4-10-22(27)11-5-19,20-6-12-23(28)13-7-20)21-8-14-24(29)15-9-21/h4-15,27-29H,16H2,1-3H3. The van der Waals surface area contributed by atoms with E-state index in [0.717, 1.165) is 22.3 Å². The molecule has 160 valence electrons. The number of carbonyl (C=O) groups excluding carboxylic acids is 1. The van der Waals surface area contributed by atoms with Gasteiger partial charge in [-0.1, -0.05) is 42.0 Å². The van der Waals surface area contributed by atoms with E-state index in [0.29, 0.717) is 5.57 Å². The molecule has 5 heteroatoms.